The van der Waals surface area contributed by atoms with Crippen LogP contribution in [0.2, 0.25) is 0 Å². The number of hydrogen-bond donors (Lipinski definition) is 1. The van der Waals surface area contributed by atoms with E-state index >= 15 is 0 Å². The highest BCUT2D eigenvalue weighted by molar-refractivity contribution is 5.77. The van der Waals surface area contributed by atoms with Crippen molar-refractivity contribution in [2.45, 2.75) is 19.9 Å². The fraction of sp³-hybridized carbons (Fsp3) is 0.625. The van der Waals surface area contributed by atoms with E-state index in [0.29, 0.717) is 0 Å². The molecule has 0 aliphatic carbocycles. The van der Waals surface area contributed by atoms with Crippen molar-refractivity contribution < 1.29 is 9.53 Å². The van der Waals surface area contributed by atoms with Crippen LogP contribution < -0.4 is 5.73 Å². The summed E-state index contributed by atoms with van der Waals surface area (Å²) in [5.74, 6) is 1.95. The van der Waals surface area contributed by atoms with Gasteiger partial charge in [-0.05, 0) is 13.8 Å². The van der Waals surface area contributed by atoms with Crippen molar-refractivity contribution in [2.24, 2.45) is 11.1 Å². The molecular formula is C8H13NO2. The Kier molecular flexibility index (Phi) is 3.09. The van der Waals surface area contributed by atoms with Gasteiger partial charge in [0.15, 0.2) is 0 Å². The second-order valence-electron chi connectivity index (χ2n) is 2.87. The average molecular weight is 155 g/mol. The summed E-state index contributed by atoms with van der Waals surface area (Å²) in [7, 11) is 1.29. The lowest BCUT2D eigenvalue weighted by atomic mass is 9.86. The first kappa shape index (κ1) is 9.99. The standard InChI is InChI=1S/C8H13NO2/c1-5-8(2,3)6(9)7(10)11-4/h1,6H,9H2,2-4H3. The van der Waals surface area contributed by atoms with Crippen molar-refractivity contribution in [1.29, 1.82) is 0 Å². The van der Waals surface area contributed by atoms with Gasteiger partial charge >= 0.3 is 5.97 Å². The van der Waals surface area contributed by atoms with Gasteiger partial charge in [-0.3, -0.25) is 4.79 Å². The summed E-state index contributed by atoms with van der Waals surface area (Å²) < 4.78 is 4.44. The van der Waals surface area contributed by atoms with Gasteiger partial charge in [-0.25, -0.2) is 0 Å². The van der Waals surface area contributed by atoms with Gasteiger partial charge in [-0.15, -0.1) is 6.42 Å². The fourth-order valence-corrected chi connectivity index (χ4v) is 0.511. The van der Waals surface area contributed by atoms with Gasteiger partial charge in [0.05, 0.1) is 12.5 Å². The van der Waals surface area contributed by atoms with E-state index in [9.17, 15) is 4.79 Å². The van der Waals surface area contributed by atoms with Crippen LogP contribution in [-0.4, -0.2) is 19.1 Å². The number of esters is 1. The number of ether oxygens (including phenoxy) is 1. The molecule has 0 aromatic rings. The Balaban J connectivity index is 4.38. The first-order chi connectivity index (χ1) is 4.95. The molecule has 1 unspecified atom stereocenters. The lowest BCUT2D eigenvalue weighted by Gasteiger charge is -2.22. The maximum absolute atomic E-state index is 10.9. The summed E-state index contributed by atoms with van der Waals surface area (Å²) >= 11 is 0. The van der Waals surface area contributed by atoms with Gasteiger partial charge in [0.2, 0.25) is 0 Å². The number of methoxy groups -OCH3 is 1. The van der Waals surface area contributed by atoms with Crippen molar-refractivity contribution in [3.05, 3.63) is 0 Å². The quantitative estimate of drug-likeness (QED) is 0.456. The lowest BCUT2D eigenvalue weighted by Crippen LogP contribution is -2.43. The summed E-state index contributed by atoms with van der Waals surface area (Å²) in [5, 5.41) is 0. The monoisotopic (exact) mass is 155 g/mol. The van der Waals surface area contributed by atoms with Crippen LogP contribution in [0.15, 0.2) is 0 Å². The van der Waals surface area contributed by atoms with Crippen molar-refractivity contribution in [1.82, 2.24) is 0 Å². The molecule has 3 heteroatoms. The van der Waals surface area contributed by atoms with E-state index < -0.39 is 17.4 Å². The molecule has 0 saturated heterocycles. The van der Waals surface area contributed by atoms with Gasteiger partial charge in [-0.1, -0.05) is 5.92 Å². The Bertz CT molecular complexity index is 191. The number of nitrogens with two attached hydrogens (primary N) is 1. The summed E-state index contributed by atoms with van der Waals surface area (Å²) in [6.45, 7) is 3.43. The number of hydrogen-bond acceptors (Lipinski definition) is 3. The molecule has 0 rings (SSSR count). The zero-order chi connectivity index (χ0) is 9.07. The van der Waals surface area contributed by atoms with E-state index in [0.717, 1.165) is 0 Å². The third kappa shape index (κ3) is 2.24. The van der Waals surface area contributed by atoms with Gasteiger partial charge in [-0.2, -0.15) is 0 Å². The Hall–Kier alpha value is -1.01. The van der Waals surface area contributed by atoms with Crippen LogP contribution in [0, 0.1) is 17.8 Å². The molecule has 1 atom stereocenters. The van der Waals surface area contributed by atoms with E-state index in [4.69, 9.17) is 12.2 Å². The van der Waals surface area contributed by atoms with Crippen LogP contribution >= 0.6 is 0 Å². The third-order valence-electron chi connectivity index (χ3n) is 1.60. The molecule has 0 radical (unpaired) electrons. The Morgan fingerprint density at radius 2 is 2.18 bits per heavy atom. The predicted octanol–water partition coefficient (Wildman–Crippen LogP) is 0.146. The summed E-state index contributed by atoms with van der Waals surface area (Å²) in [4.78, 5) is 10.9. The van der Waals surface area contributed by atoms with Crippen molar-refractivity contribution in [2.75, 3.05) is 7.11 Å². The molecule has 3 nitrogen and oxygen atoms in total. The maximum atomic E-state index is 10.9. The molecule has 0 saturated carbocycles. The van der Waals surface area contributed by atoms with E-state index in [1.54, 1.807) is 13.8 Å². The minimum atomic E-state index is -0.752. The second kappa shape index (κ2) is 3.40. The Morgan fingerprint density at radius 3 is 2.45 bits per heavy atom. The lowest BCUT2D eigenvalue weighted by molar-refractivity contribution is -0.144. The van der Waals surface area contributed by atoms with Crippen LogP contribution in [0.3, 0.4) is 0 Å². The normalized spacial score (nSPS) is 13.4. The highest BCUT2D eigenvalue weighted by Gasteiger charge is 2.30. The molecule has 2 N–H and O–H groups in total. The number of carbonyl (C=O) groups is 1. The molecule has 0 spiro atoms. The molecule has 0 aromatic heterocycles. The molecule has 0 aromatic carbocycles. The van der Waals surface area contributed by atoms with Crippen LogP contribution in [-0.2, 0) is 9.53 Å². The second-order valence-corrected chi connectivity index (χ2v) is 2.87. The minimum absolute atomic E-state index is 0.479. The van der Waals surface area contributed by atoms with Crippen LogP contribution in [0.25, 0.3) is 0 Å². The zero-order valence-electron chi connectivity index (χ0n) is 7.05. The van der Waals surface area contributed by atoms with Crippen LogP contribution in [0.1, 0.15) is 13.8 Å². The molecule has 0 amide bonds. The van der Waals surface area contributed by atoms with Crippen molar-refractivity contribution >= 4 is 5.97 Å². The van der Waals surface area contributed by atoms with Gasteiger partial charge in [0.1, 0.15) is 6.04 Å². The predicted molar refractivity (Wildman–Crippen MR) is 42.6 cm³/mol. The fourth-order valence-electron chi connectivity index (χ4n) is 0.511. The third-order valence-corrected chi connectivity index (χ3v) is 1.60. The number of terminal acetylenes is 1. The maximum Gasteiger partial charge on any atom is 0.324 e. The van der Waals surface area contributed by atoms with Gasteiger partial charge in [0.25, 0.3) is 0 Å². The van der Waals surface area contributed by atoms with E-state index in [-0.39, 0.29) is 0 Å². The Morgan fingerprint density at radius 1 is 1.73 bits per heavy atom. The Labute approximate surface area is 66.9 Å². The minimum Gasteiger partial charge on any atom is -0.468 e. The van der Waals surface area contributed by atoms with E-state index in [1.165, 1.54) is 7.11 Å². The SMILES string of the molecule is C#CC(C)(C)C(N)C(=O)OC. The smallest absolute Gasteiger partial charge is 0.324 e. The van der Waals surface area contributed by atoms with Gasteiger partial charge in [0, 0.05) is 0 Å². The number of rotatable bonds is 2. The molecule has 0 aliphatic rings. The molecular weight excluding hydrogens is 142 g/mol. The molecule has 62 valence electrons. The summed E-state index contributed by atoms with van der Waals surface area (Å²) in [6, 6.07) is -0.752. The largest absolute Gasteiger partial charge is 0.468 e. The molecule has 11 heavy (non-hydrogen) atoms. The van der Waals surface area contributed by atoms with E-state index in [2.05, 4.69) is 10.7 Å². The summed E-state index contributed by atoms with van der Waals surface area (Å²) in [5.41, 5.74) is 4.85. The first-order valence-corrected chi connectivity index (χ1v) is 3.27. The van der Waals surface area contributed by atoms with Crippen LogP contribution in [0.5, 0.6) is 0 Å². The molecule has 0 fully saturated rings. The highest BCUT2D eigenvalue weighted by atomic mass is 16.5. The number of carbonyl (C=O) groups excluding carboxylic acids is 1. The highest BCUT2D eigenvalue weighted by Crippen LogP contribution is 2.17. The average Bonchev–Trinajstić information content (AvgIpc) is 2.01. The van der Waals surface area contributed by atoms with Gasteiger partial charge < -0.3 is 10.5 Å². The van der Waals surface area contributed by atoms with E-state index in [1.807, 2.05) is 0 Å². The van der Waals surface area contributed by atoms with Crippen molar-refractivity contribution in [3.63, 3.8) is 0 Å². The van der Waals surface area contributed by atoms with Crippen LogP contribution in [0.4, 0.5) is 0 Å². The topological polar surface area (TPSA) is 52.3 Å². The zero-order valence-corrected chi connectivity index (χ0v) is 7.05. The molecule has 0 aliphatic heterocycles. The molecule has 0 bridgehead atoms. The van der Waals surface area contributed by atoms with Crippen molar-refractivity contribution in [3.8, 4) is 12.3 Å². The first-order valence-electron chi connectivity index (χ1n) is 3.27. The summed E-state index contributed by atoms with van der Waals surface area (Å²) in [6.07, 6.45) is 5.16. The molecule has 0 heterocycles.